The summed E-state index contributed by atoms with van der Waals surface area (Å²) in [5.41, 5.74) is 1.46. The van der Waals surface area contributed by atoms with E-state index in [-0.39, 0.29) is 0 Å². The van der Waals surface area contributed by atoms with Gasteiger partial charge in [0.1, 0.15) is 0 Å². The maximum atomic E-state index is 3.69. The quantitative estimate of drug-likeness (QED) is 0.771. The Morgan fingerprint density at radius 3 is 2.50 bits per heavy atom. The normalized spacial score (nSPS) is 26.6. The van der Waals surface area contributed by atoms with Crippen LogP contribution in [0.3, 0.4) is 0 Å². The monoisotopic (exact) mass is 189 g/mol. The van der Waals surface area contributed by atoms with Gasteiger partial charge in [-0.05, 0) is 31.2 Å². The Morgan fingerprint density at radius 2 is 1.86 bits per heavy atom. The Bertz CT molecular complexity index is 268. The van der Waals surface area contributed by atoms with E-state index in [2.05, 4.69) is 42.6 Å². The van der Waals surface area contributed by atoms with E-state index in [0.717, 1.165) is 6.04 Å². The van der Waals surface area contributed by atoms with Crippen molar-refractivity contribution in [3.63, 3.8) is 0 Å². The molecule has 2 rings (SSSR count). The fourth-order valence-corrected chi connectivity index (χ4v) is 2.28. The summed E-state index contributed by atoms with van der Waals surface area (Å²) in [6, 6.07) is 12.3. The zero-order valence-corrected chi connectivity index (χ0v) is 8.87. The van der Waals surface area contributed by atoms with Gasteiger partial charge in [0.15, 0.2) is 0 Å². The summed E-state index contributed by atoms with van der Waals surface area (Å²) in [5, 5.41) is 3.69. The van der Waals surface area contributed by atoms with Crippen molar-refractivity contribution in [3.05, 3.63) is 35.9 Å². The van der Waals surface area contributed by atoms with Gasteiger partial charge < -0.3 is 5.32 Å². The van der Waals surface area contributed by atoms with Crippen molar-refractivity contribution in [2.75, 3.05) is 0 Å². The average Bonchev–Trinajstić information content (AvgIpc) is 2.67. The highest BCUT2D eigenvalue weighted by Gasteiger charge is 2.21. The minimum absolute atomic E-state index is 0.711. The van der Waals surface area contributed by atoms with Crippen LogP contribution in [0, 0.1) is 0 Å². The van der Waals surface area contributed by atoms with Gasteiger partial charge in [-0.1, -0.05) is 37.3 Å². The molecular weight excluding hydrogens is 170 g/mol. The molecule has 76 valence electrons. The Hall–Kier alpha value is -0.820. The molecule has 1 N–H and O–H groups in total. The lowest BCUT2D eigenvalue weighted by Gasteiger charge is -2.12. The van der Waals surface area contributed by atoms with Crippen molar-refractivity contribution >= 4 is 0 Å². The van der Waals surface area contributed by atoms with E-state index < -0.39 is 0 Å². The molecule has 0 aliphatic carbocycles. The Balaban J connectivity index is 1.88. The summed E-state index contributed by atoms with van der Waals surface area (Å²) in [7, 11) is 0. The van der Waals surface area contributed by atoms with Crippen LogP contribution in [0.25, 0.3) is 0 Å². The lowest BCUT2D eigenvalue weighted by molar-refractivity contribution is 0.524. The van der Waals surface area contributed by atoms with E-state index in [4.69, 9.17) is 0 Å². The highest BCUT2D eigenvalue weighted by molar-refractivity contribution is 5.16. The van der Waals surface area contributed by atoms with Crippen LogP contribution in [0.15, 0.2) is 30.3 Å². The Kier molecular flexibility index (Phi) is 3.20. The van der Waals surface area contributed by atoms with Crippen LogP contribution in [0.2, 0.25) is 0 Å². The van der Waals surface area contributed by atoms with Gasteiger partial charge in [-0.25, -0.2) is 0 Å². The molecule has 2 unspecified atom stereocenters. The van der Waals surface area contributed by atoms with Crippen LogP contribution in [0.4, 0.5) is 0 Å². The number of hydrogen-bond donors (Lipinski definition) is 1. The maximum Gasteiger partial charge on any atom is 0.0111 e. The second-order valence-corrected chi connectivity index (χ2v) is 4.24. The molecule has 0 saturated carbocycles. The van der Waals surface area contributed by atoms with Crippen molar-refractivity contribution in [3.8, 4) is 0 Å². The van der Waals surface area contributed by atoms with Crippen LogP contribution in [0.5, 0.6) is 0 Å². The van der Waals surface area contributed by atoms with Crippen LogP contribution in [-0.2, 0) is 6.42 Å². The van der Waals surface area contributed by atoms with Gasteiger partial charge in [0, 0.05) is 12.1 Å². The van der Waals surface area contributed by atoms with Gasteiger partial charge in [-0.15, -0.1) is 0 Å². The van der Waals surface area contributed by atoms with Crippen molar-refractivity contribution in [1.29, 1.82) is 0 Å². The molecule has 1 aromatic carbocycles. The summed E-state index contributed by atoms with van der Waals surface area (Å²) >= 11 is 0. The van der Waals surface area contributed by atoms with Gasteiger partial charge in [0.2, 0.25) is 0 Å². The summed E-state index contributed by atoms with van der Waals surface area (Å²) < 4.78 is 0. The molecule has 0 bridgehead atoms. The van der Waals surface area contributed by atoms with Crippen LogP contribution < -0.4 is 5.32 Å². The Labute approximate surface area is 86.5 Å². The zero-order valence-electron chi connectivity index (χ0n) is 8.87. The van der Waals surface area contributed by atoms with Gasteiger partial charge >= 0.3 is 0 Å². The molecule has 1 nitrogen and oxygen atoms in total. The summed E-state index contributed by atoms with van der Waals surface area (Å²) in [6.07, 6.45) is 5.16. The zero-order chi connectivity index (χ0) is 9.80. The molecule has 0 aromatic heterocycles. The fraction of sp³-hybridized carbons (Fsp3) is 0.538. The molecule has 0 radical (unpaired) electrons. The van der Waals surface area contributed by atoms with Crippen LogP contribution in [0.1, 0.15) is 31.7 Å². The minimum atomic E-state index is 0.711. The molecule has 1 aromatic rings. The molecule has 1 saturated heterocycles. The van der Waals surface area contributed by atoms with Crippen molar-refractivity contribution < 1.29 is 0 Å². The highest BCUT2D eigenvalue weighted by Crippen LogP contribution is 2.17. The smallest absolute Gasteiger partial charge is 0.0111 e. The third-order valence-electron chi connectivity index (χ3n) is 3.15. The highest BCUT2D eigenvalue weighted by atomic mass is 15.0. The molecule has 14 heavy (non-hydrogen) atoms. The van der Waals surface area contributed by atoms with E-state index in [1.165, 1.54) is 31.2 Å². The summed E-state index contributed by atoms with van der Waals surface area (Å²) in [5.74, 6) is 0. The van der Waals surface area contributed by atoms with E-state index in [9.17, 15) is 0 Å². The molecule has 0 amide bonds. The number of nitrogens with one attached hydrogen (secondary N) is 1. The topological polar surface area (TPSA) is 12.0 Å². The first-order valence-electron chi connectivity index (χ1n) is 5.68. The first-order chi connectivity index (χ1) is 6.88. The second kappa shape index (κ2) is 4.61. The first-order valence-corrected chi connectivity index (χ1v) is 5.68. The predicted octanol–water partition coefficient (Wildman–Crippen LogP) is 2.76. The van der Waals surface area contributed by atoms with Gasteiger partial charge in [0.05, 0.1) is 0 Å². The minimum Gasteiger partial charge on any atom is -0.311 e. The second-order valence-electron chi connectivity index (χ2n) is 4.24. The van der Waals surface area contributed by atoms with Crippen LogP contribution in [-0.4, -0.2) is 12.1 Å². The lowest BCUT2D eigenvalue weighted by atomic mass is 10.0. The van der Waals surface area contributed by atoms with Crippen molar-refractivity contribution in [2.24, 2.45) is 0 Å². The Morgan fingerprint density at radius 1 is 1.14 bits per heavy atom. The molecule has 1 heteroatoms. The average molecular weight is 189 g/mol. The molecular formula is C13H19N. The van der Waals surface area contributed by atoms with Crippen molar-refractivity contribution in [2.45, 2.75) is 44.7 Å². The molecule has 1 heterocycles. The van der Waals surface area contributed by atoms with E-state index in [0.29, 0.717) is 6.04 Å². The SMILES string of the molecule is CCC1CCC(Cc2ccccc2)N1. The molecule has 1 aliphatic rings. The standard InChI is InChI=1S/C13H19N/c1-2-12-8-9-13(14-12)10-11-6-4-3-5-7-11/h3-7,12-14H,2,8-10H2,1H3. The van der Waals surface area contributed by atoms with E-state index in [1.54, 1.807) is 0 Å². The third kappa shape index (κ3) is 2.36. The number of hydrogen-bond acceptors (Lipinski definition) is 1. The molecule has 2 atom stereocenters. The van der Waals surface area contributed by atoms with Gasteiger partial charge in [-0.3, -0.25) is 0 Å². The summed E-state index contributed by atoms with van der Waals surface area (Å²) in [6.45, 7) is 2.27. The van der Waals surface area contributed by atoms with Gasteiger partial charge in [-0.2, -0.15) is 0 Å². The van der Waals surface area contributed by atoms with Crippen molar-refractivity contribution in [1.82, 2.24) is 5.32 Å². The fourth-order valence-electron chi connectivity index (χ4n) is 2.28. The number of benzene rings is 1. The summed E-state index contributed by atoms with van der Waals surface area (Å²) in [4.78, 5) is 0. The van der Waals surface area contributed by atoms with Crippen LogP contribution >= 0.6 is 0 Å². The van der Waals surface area contributed by atoms with E-state index >= 15 is 0 Å². The lowest BCUT2D eigenvalue weighted by Crippen LogP contribution is -2.30. The maximum absolute atomic E-state index is 3.69. The molecule has 1 fully saturated rings. The number of rotatable bonds is 3. The third-order valence-corrected chi connectivity index (χ3v) is 3.15. The van der Waals surface area contributed by atoms with E-state index in [1.807, 2.05) is 0 Å². The van der Waals surface area contributed by atoms with Gasteiger partial charge in [0.25, 0.3) is 0 Å². The first kappa shape index (κ1) is 9.72. The largest absolute Gasteiger partial charge is 0.311 e. The molecule has 1 aliphatic heterocycles. The predicted molar refractivity (Wildman–Crippen MR) is 60.4 cm³/mol. The molecule has 0 spiro atoms.